The van der Waals surface area contributed by atoms with Crippen LogP contribution in [0.2, 0.25) is 0 Å². The zero-order valence-electron chi connectivity index (χ0n) is 11.6. The maximum Gasteiger partial charge on any atom is 0.334 e. The summed E-state index contributed by atoms with van der Waals surface area (Å²) in [6.07, 6.45) is 2.38. The Balaban J connectivity index is 1.98. The van der Waals surface area contributed by atoms with E-state index in [4.69, 9.17) is 4.74 Å². The molecule has 0 aromatic rings. The predicted molar refractivity (Wildman–Crippen MR) is 69.2 cm³/mol. The molecular formula is C15H22O4. The van der Waals surface area contributed by atoms with E-state index in [-0.39, 0.29) is 29.8 Å². The molecular weight excluding hydrogens is 244 g/mol. The van der Waals surface area contributed by atoms with E-state index in [1.54, 1.807) is 0 Å². The van der Waals surface area contributed by atoms with Gasteiger partial charge in [-0.15, -0.1) is 0 Å². The van der Waals surface area contributed by atoms with Gasteiger partial charge in [-0.1, -0.05) is 6.58 Å². The second kappa shape index (κ2) is 3.83. The Bertz CT molecular complexity index is 437. The molecule has 2 saturated carbocycles. The van der Waals surface area contributed by atoms with E-state index in [1.807, 2.05) is 13.8 Å². The van der Waals surface area contributed by atoms with Gasteiger partial charge in [0.05, 0.1) is 11.2 Å². The zero-order chi connectivity index (χ0) is 14.0. The van der Waals surface area contributed by atoms with Crippen LogP contribution >= 0.6 is 0 Å². The molecule has 0 aromatic carbocycles. The normalized spacial score (nSPS) is 53.5. The van der Waals surface area contributed by atoms with Gasteiger partial charge in [0.1, 0.15) is 6.10 Å². The van der Waals surface area contributed by atoms with E-state index in [2.05, 4.69) is 6.58 Å². The molecule has 19 heavy (non-hydrogen) atoms. The topological polar surface area (TPSA) is 66.8 Å². The number of hydrogen-bond donors (Lipinski definition) is 2. The molecule has 2 aliphatic carbocycles. The van der Waals surface area contributed by atoms with Crippen LogP contribution in [0, 0.1) is 17.8 Å². The Morgan fingerprint density at radius 2 is 1.95 bits per heavy atom. The standard InChI is InChI=1S/C15H22O4/c1-8-9-6-11-10(4-5-14(11,2)17)15(3,18)7-12(9)19-13(8)16/h9-12,17-18H,1,4-7H2,2-3H3/t9-,10+,11+,12+,14-,15-/m1/s1. The van der Waals surface area contributed by atoms with E-state index in [0.717, 1.165) is 6.42 Å². The summed E-state index contributed by atoms with van der Waals surface area (Å²) in [5.41, 5.74) is -1.16. The summed E-state index contributed by atoms with van der Waals surface area (Å²) in [5.74, 6) is -0.330. The summed E-state index contributed by atoms with van der Waals surface area (Å²) in [7, 11) is 0. The molecule has 0 radical (unpaired) electrons. The van der Waals surface area contributed by atoms with Crippen LogP contribution in [-0.4, -0.2) is 33.5 Å². The number of carbonyl (C=O) groups is 1. The van der Waals surface area contributed by atoms with Crippen LogP contribution in [0.25, 0.3) is 0 Å². The second-order valence-electron chi connectivity index (χ2n) is 6.98. The number of rotatable bonds is 0. The van der Waals surface area contributed by atoms with Crippen molar-refractivity contribution in [3.8, 4) is 0 Å². The van der Waals surface area contributed by atoms with Gasteiger partial charge in [-0.25, -0.2) is 4.79 Å². The third kappa shape index (κ3) is 1.84. The van der Waals surface area contributed by atoms with E-state index >= 15 is 0 Å². The number of fused-ring (bicyclic) bond motifs is 2. The fourth-order valence-corrected chi connectivity index (χ4v) is 4.41. The van der Waals surface area contributed by atoms with Gasteiger partial charge < -0.3 is 14.9 Å². The van der Waals surface area contributed by atoms with Crippen LogP contribution in [0.3, 0.4) is 0 Å². The molecule has 3 rings (SSSR count). The van der Waals surface area contributed by atoms with Crippen molar-refractivity contribution in [3.05, 3.63) is 12.2 Å². The highest BCUT2D eigenvalue weighted by molar-refractivity contribution is 5.90. The van der Waals surface area contributed by atoms with Crippen molar-refractivity contribution in [1.82, 2.24) is 0 Å². The third-order valence-corrected chi connectivity index (χ3v) is 5.58. The summed E-state index contributed by atoms with van der Waals surface area (Å²) in [6.45, 7) is 7.48. The van der Waals surface area contributed by atoms with E-state index < -0.39 is 11.2 Å². The van der Waals surface area contributed by atoms with E-state index in [1.165, 1.54) is 0 Å². The highest BCUT2D eigenvalue weighted by Gasteiger charge is 2.57. The van der Waals surface area contributed by atoms with Crippen LogP contribution in [0.15, 0.2) is 12.2 Å². The minimum atomic E-state index is -0.893. The van der Waals surface area contributed by atoms with Crippen LogP contribution in [0.5, 0.6) is 0 Å². The van der Waals surface area contributed by atoms with Crippen LogP contribution < -0.4 is 0 Å². The van der Waals surface area contributed by atoms with Crippen LogP contribution in [-0.2, 0) is 9.53 Å². The average molecular weight is 266 g/mol. The average Bonchev–Trinajstić information content (AvgIpc) is 2.66. The van der Waals surface area contributed by atoms with Crippen molar-refractivity contribution in [3.63, 3.8) is 0 Å². The number of esters is 1. The molecule has 2 N–H and O–H groups in total. The molecule has 4 nitrogen and oxygen atoms in total. The Kier molecular flexibility index (Phi) is 2.64. The molecule has 106 valence electrons. The first-order valence-electron chi connectivity index (χ1n) is 7.07. The molecule has 3 aliphatic rings. The zero-order valence-corrected chi connectivity index (χ0v) is 11.6. The maximum atomic E-state index is 11.7. The Hall–Kier alpha value is -0.870. The molecule has 0 bridgehead atoms. The van der Waals surface area contributed by atoms with E-state index in [9.17, 15) is 15.0 Å². The van der Waals surface area contributed by atoms with Crippen molar-refractivity contribution in [2.45, 2.75) is 56.8 Å². The lowest BCUT2D eigenvalue weighted by Gasteiger charge is -2.35. The van der Waals surface area contributed by atoms with E-state index in [0.29, 0.717) is 24.8 Å². The molecule has 0 unspecified atom stereocenters. The Morgan fingerprint density at radius 3 is 2.63 bits per heavy atom. The van der Waals surface area contributed by atoms with Crippen LogP contribution in [0.1, 0.15) is 39.5 Å². The first kappa shape index (κ1) is 13.1. The summed E-state index contributed by atoms with van der Waals surface area (Å²) in [4.78, 5) is 11.7. The minimum absolute atomic E-state index is 0.00347. The quantitative estimate of drug-likeness (QED) is 0.514. The molecule has 1 aliphatic heterocycles. The van der Waals surface area contributed by atoms with Gasteiger partial charge in [-0.2, -0.15) is 0 Å². The fourth-order valence-electron chi connectivity index (χ4n) is 4.41. The smallest absolute Gasteiger partial charge is 0.334 e. The van der Waals surface area contributed by atoms with Gasteiger partial charge in [-0.3, -0.25) is 0 Å². The van der Waals surface area contributed by atoms with Crippen molar-refractivity contribution in [2.24, 2.45) is 17.8 Å². The number of ether oxygens (including phenoxy) is 1. The number of carbonyl (C=O) groups excluding carboxylic acids is 1. The third-order valence-electron chi connectivity index (χ3n) is 5.58. The van der Waals surface area contributed by atoms with Crippen molar-refractivity contribution in [1.29, 1.82) is 0 Å². The summed E-state index contributed by atoms with van der Waals surface area (Å²) in [5, 5.41) is 21.3. The highest BCUT2D eigenvalue weighted by Crippen LogP contribution is 2.54. The maximum absolute atomic E-state index is 11.7. The SMILES string of the molecule is C=C1C(=O)O[C@H]2C[C@@](C)(O)[C@H]3CC[C@@](C)(O)[C@H]3C[C@H]12. The lowest BCUT2D eigenvalue weighted by Crippen LogP contribution is -2.41. The summed E-state index contributed by atoms with van der Waals surface area (Å²) < 4.78 is 5.35. The van der Waals surface area contributed by atoms with Gasteiger partial charge in [0, 0.05) is 17.9 Å². The second-order valence-corrected chi connectivity index (χ2v) is 6.98. The monoisotopic (exact) mass is 266 g/mol. The molecule has 4 heteroatoms. The Labute approximate surface area is 113 Å². The van der Waals surface area contributed by atoms with Gasteiger partial charge in [-0.05, 0) is 44.9 Å². The number of aliphatic hydroxyl groups is 2. The fraction of sp³-hybridized carbons (Fsp3) is 0.800. The van der Waals surface area contributed by atoms with Gasteiger partial charge in [0.15, 0.2) is 0 Å². The van der Waals surface area contributed by atoms with Crippen molar-refractivity contribution >= 4 is 5.97 Å². The minimum Gasteiger partial charge on any atom is -0.458 e. The summed E-state index contributed by atoms with van der Waals surface area (Å²) in [6, 6.07) is 0. The summed E-state index contributed by atoms with van der Waals surface area (Å²) >= 11 is 0. The first-order chi connectivity index (χ1) is 8.72. The van der Waals surface area contributed by atoms with Gasteiger partial charge >= 0.3 is 5.97 Å². The highest BCUT2D eigenvalue weighted by atomic mass is 16.6. The lowest BCUT2D eigenvalue weighted by molar-refractivity contribution is -0.142. The molecule has 1 heterocycles. The first-order valence-corrected chi connectivity index (χ1v) is 7.07. The molecule has 0 spiro atoms. The lowest BCUT2D eigenvalue weighted by atomic mass is 9.76. The largest absolute Gasteiger partial charge is 0.458 e. The van der Waals surface area contributed by atoms with Gasteiger partial charge in [0.25, 0.3) is 0 Å². The Morgan fingerprint density at radius 1 is 1.26 bits per heavy atom. The van der Waals surface area contributed by atoms with Crippen LogP contribution in [0.4, 0.5) is 0 Å². The van der Waals surface area contributed by atoms with Crippen molar-refractivity contribution in [2.75, 3.05) is 0 Å². The molecule has 0 amide bonds. The number of hydrogen-bond acceptors (Lipinski definition) is 4. The molecule has 1 saturated heterocycles. The predicted octanol–water partition coefficient (Wildman–Crippen LogP) is 1.41. The molecule has 0 aromatic heterocycles. The molecule has 3 fully saturated rings. The molecule has 6 atom stereocenters. The van der Waals surface area contributed by atoms with Gasteiger partial charge in [0.2, 0.25) is 0 Å². The van der Waals surface area contributed by atoms with Crippen molar-refractivity contribution < 1.29 is 19.7 Å².